The number of rotatable bonds is 12. The van der Waals surface area contributed by atoms with Crippen LogP contribution in [-0.2, 0) is 14.3 Å². The SMILES string of the molecule is [3H]CCC(=O)NCCSSCCOCCC(=O)CC. The van der Waals surface area contributed by atoms with Gasteiger partial charge in [0.05, 0.1) is 13.2 Å². The van der Waals surface area contributed by atoms with E-state index in [1.54, 1.807) is 21.6 Å². The van der Waals surface area contributed by atoms with Gasteiger partial charge in [0, 0.05) is 38.7 Å². The van der Waals surface area contributed by atoms with Crippen LogP contribution >= 0.6 is 21.6 Å². The van der Waals surface area contributed by atoms with Gasteiger partial charge >= 0.3 is 0 Å². The maximum Gasteiger partial charge on any atom is 0.219 e. The molecule has 0 spiro atoms. The predicted octanol–water partition coefficient (Wildman–Crippen LogP) is 2.28. The zero-order chi connectivity index (χ0) is 14.3. The minimum atomic E-state index is -0.0514. The van der Waals surface area contributed by atoms with E-state index in [0.29, 0.717) is 32.6 Å². The van der Waals surface area contributed by atoms with Crippen molar-refractivity contribution < 1.29 is 15.7 Å². The van der Waals surface area contributed by atoms with Crippen molar-refractivity contribution in [2.24, 2.45) is 0 Å². The number of amides is 1. The number of hydrogen-bond acceptors (Lipinski definition) is 5. The second-order valence-corrected chi connectivity index (χ2v) is 6.20. The summed E-state index contributed by atoms with van der Waals surface area (Å²) in [6.07, 6.45) is 1.37. The molecule has 0 saturated carbocycles. The van der Waals surface area contributed by atoms with Crippen LogP contribution in [0, 0.1) is 0 Å². The Kier molecular flexibility index (Phi) is 11.7. The van der Waals surface area contributed by atoms with Crippen LogP contribution in [0.3, 0.4) is 0 Å². The van der Waals surface area contributed by atoms with Crippen LogP contribution in [0.1, 0.15) is 34.5 Å². The van der Waals surface area contributed by atoms with Gasteiger partial charge in [-0.1, -0.05) is 35.4 Å². The Morgan fingerprint density at radius 1 is 1.22 bits per heavy atom. The van der Waals surface area contributed by atoms with E-state index >= 15 is 0 Å². The second-order valence-electron chi connectivity index (χ2n) is 3.50. The van der Waals surface area contributed by atoms with Crippen LogP contribution in [0.2, 0.25) is 0 Å². The van der Waals surface area contributed by atoms with Gasteiger partial charge in [-0.2, -0.15) is 0 Å². The zero-order valence-corrected chi connectivity index (χ0v) is 12.5. The number of nitrogens with one attached hydrogen (secondary N) is 1. The standard InChI is InChI=1S/C12H23NO3S2/c1-3-11(14)5-7-16-8-10-18-17-9-6-13-12(15)4-2/h3-10H2,1-2H3,(H,13,15)/i2T. The summed E-state index contributed by atoms with van der Waals surface area (Å²) in [4.78, 5) is 22.0. The molecule has 0 aromatic rings. The van der Waals surface area contributed by atoms with Gasteiger partial charge < -0.3 is 10.1 Å². The van der Waals surface area contributed by atoms with Crippen molar-refractivity contribution in [1.82, 2.24) is 5.32 Å². The lowest BCUT2D eigenvalue weighted by Gasteiger charge is -2.04. The van der Waals surface area contributed by atoms with Gasteiger partial charge in [-0.15, -0.1) is 0 Å². The van der Waals surface area contributed by atoms with Crippen molar-refractivity contribution in [1.29, 1.82) is 0 Å². The van der Waals surface area contributed by atoms with Crippen molar-refractivity contribution in [2.45, 2.75) is 33.1 Å². The molecule has 6 heteroatoms. The molecular formula is C12H23NO3S2. The number of Topliss-reactive ketones (excluding diaryl/α,β-unsaturated/α-hetero) is 1. The summed E-state index contributed by atoms with van der Waals surface area (Å²) < 4.78 is 12.2. The quantitative estimate of drug-likeness (QED) is 0.442. The monoisotopic (exact) mass is 295 g/mol. The lowest BCUT2D eigenvalue weighted by molar-refractivity contribution is -0.121. The number of ketones is 1. The van der Waals surface area contributed by atoms with E-state index in [0.717, 1.165) is 11.5 Å². The first-order valence-corrected chi connectivity index (χ1v) is 8.59. The van der Waals surface area contributed by atoms with Gasteiger partial charge in [-0.25, -0.2) is 0 Å². The number of ether oxygens (including phenoxy) is 1. The molecule has 1 N–H and O–H groups in total. The average Bonchev–Trinajstić information content (AvgIpc) is 2.40. The second kappa shape index (κ2) is 13.2. The molecule has 4 nitrogen and oxygen atoms in total. The van der Waals surface area contributed by atoms with E-state index < -0.39 is 0 Å². The molecule has 0 aromatic carbocycles. The third-order valence-corrected chi connectivity index (χ3v) is 4.42. The van der Waals surface area contributed by atoms with Crippen molar-refractivity contribution in [3.05, 3.63) is 0 Å². The molecule has 18 heavy (non-hydrogen) atoms. The third-order valence-electron chi connectivity index (χ3n) is 2.05. The zero-order valence-electron chi connectivity index (χ0n) is 11.9. The van der Waals surface area contributed by atoms with E-state index in [1.165, 1.54) is 0 Å². The minimum absolute atomic E-state index is 0.0514. The molecule has 0 aliphatic carbocycles. The van der Waals surface area contributed by atoms with Crippen molar-refractivity contribution in [3.63, 3.8) is 0 Å². The summed E-state index contributed by atoms with van der Waals surface area (Å²) in [7, 11) is 3.39. The predicted molar refractivity (Wildman–Crippen MR) is 79.0 cm³/mol. The molecule has 1 amide bonds. The summed E-state index contributed by atoms with van der Waals surface area (Å²) in [5.74, 6) is 1.92. The van der Waals surface area contributed by atoms with Gasteiger partial charge in [0.2, 0.25) is 5.91 Å². The summed E-state index contributed by atoms with van der Waals surface area (Å²) in [5.41, 5.74) is 0. The maximum atomic E-state index is 11.0. The smallest absolute Gasteiger partial charge is 0.219 e. The Balaban J connectivity index is 3.11. The number of hydrogen-bond donors (Lipinski definition) is 1. The van der Waals surface area contributed by atoms with E-state index in [1.807, 2.05) is 6.92 Å². The fourth-order valence-electron chi connectivity index (χ4n) is 0.996. The Morgan fingerprint density at radius 3 is 2.72 bits per heavy atom. The first kappa shape index (κ1) is 15.9. The van der Waals surface area contributed by atoms with Gasteiger partial charge in [0.1, 0.15) is 5.78 Å². The van der Waals surface area contributed by atoms with Gasteiger partial charge in [-0.05, 0) is 0 Å². The van der Waals surface area contributed by atoms with Crippen LogP contribution in [0.5, 0.6) is 0 Å². The van der Waals surface area contributed by atoms with Crippen LogP contribution in [0.25, 0.3) is 0 Å². The van der Waals surface area contributed by atoms with Crippen LogP contribution in [-0.4, -0.2) is 43.0 Å². The molecular weight excluding hydrogens is 270 g/mol. The molecule has 0 unspecified atom stereocenters. The molecule has 0 aliphatic heterocycles. The molecule has 0 fully saturated rings. The highest BCUT2D eigenvalue weighted by Gasteiger charge is 1.98. The molecule has 0 heterocycles. The Morgan fingerprint density at radius 2 is 2.00 bits per heavy atom. The highest BCUT2D eigenvalue weighted by molar-refractivity contribution is 8.76. The maximum absolute atomic E-state index is 11.0. The summed E-state index contributed by atoms with van der Waals surface area (Å²) in [6.45, 7) is 3.81. The normalized spacial score (nSPS) is 11.1. The molecule has 0 atom stereocenters. The van der Waals surface area contributed by atoms with Gasteiger partial charge in [0.25, 0.3) is 0 Å². The summed E-state index contributed by atoms with van der Waals surface area (Å²) in [5, 5.41) is 2.75. The first-order valence-electron chi connectivity index (χ1n) is 6.81. The van der Waals surface area contributed by atoms with Crippen molar-refractivity contribution in [2.75, 3.05) is 31.3 Å². The third kappa shape index (κ3) is 12.3. The molecule has 0 bridgehead atoms. The summed E-state index contributed by atoms with van der Waals surface area (Å²) >= 11 is 0. The number of carbonyl (C=O) groups excluding carboxylic acids is 2. The van der Waals surface area contributed by atoms with Crippen LogP contribution in [0.15, 0.2) is 0 Å². The Bertz CT molecular complexity index is 255. The molecule has 0 aliphatic rings. The number of carbonyl (C=O) groups is 2. The van der Waals surface area contributed by atoms with Gasteiger partial charge in [-0.3, -0.25) is 9.59 Å². The molecule has 0 radical (unpaired) electrons. The lowest BCUT2D eigenvalue weighted by Crippen LogP contribution is -2.24. The van der Waals surface area contributed by atoms with E-state index in [-0.39, 0.29) is 25.0 Å². The summed E-state index contributed by atoms with van der Waals surface area (Å²) in [6, 6.07) is 0. The van der Waals surface area contributed by atoms with E-state index in [9.17, 15) is 9.59 Å². The highest BCUT2D eigenvalue weighted by atomic mass is 33.1. The average molecular weight is 295 g/mol. The Hall–Kier alpha value is -0.200. The van der Waals surface area contributed by atoms with Crippen LogP contribution < -0.4 is 5.32 Å². The lowest BCUT2D eigenvalue weighted by atomic mass is 10.2. The first-order chi connectivity index (χ1) is 9.20. The molecule has 106 valence electrons. The van der Waals surface area contributed by atoms with E-state index in [4.69, 9.17) is 6.11 Å². The Labute approximate surface area is 119 Å². The van der Waals surface area contributed by atoms with Crippen molar-refractivity contribution in [3.8, 4) is 0 Å². The molecule has 0 saturated heterocycles. The largest absolute Gasteiger partial charge is 0.380 e. The molecule has 0 aromatic heterocycles. The fraction of sp³-hybridized carbons (Fsp3) is 0.833. The van der Waals surface area contributed by atoms with Gasteiger partial charge in [0.15, 0.2) is 0 Å². The van der Waals surface area contributed by atoms with E-state index in [2.05, 4.69) is 5.32 Å². The fourth-order valence-corrected chi connectivity index (χ4v) is 2.76. The topological polar surface area (TPSA) is 55.4 Å². The van der Waals surface area contributed by atoms with Crippen LogP contribution in [0.4, 0.5) is 0 Å². The van der Waals surface area contributed by atoms with Crippen molar-refractivity contribution >= 4 is 33.3 Å². The minimum Gasteiger partial charge on any atom is -0.380 e. The molecule has 0 rings (SSSR count). The highest BCUT2D eigenvalue weighted by Crippen LogP contribution is 2.19.